The van der Waals surface area contributed by atoms with Crippen LogP contribution in [0.2, 0.25) is 0 Å². The molecule has 0 radical (unpaired) electrons. The molecule has 1 aromatic heterocycles. The Hall–Kier alpha value is -2.60. The molecule has 132 valence electrons. The van der Waals surface area contributed by atoms with Crippen molar-refractivity contribution in [2.45, 2.75) is 31.5 Å². The quantitative estimate of drug-likeness (QED) is 0.663. The second-order valence-electron chi connectivity index (χ2n) is 6.55. The third-order valence-electron chi connectivity index (χ3n) is 4.63. The summed E-state index contributed by atoms with van der Waals surface area (Å²) in [4.78, 5) is 14.8. The van der Waals surface area contributed by atoms with E-state index < -0.39 is 0 Å². The van der Waals surface area contributed by atoms with Crippen LogP contribution in [0.5, 0.6) is 0 Å². The molecule has 1 aliphatic rings. The number of para-hydroxylation sites is 1. The molecule has 26 heavy (non-hydrogen) atoms. The Balaban J connectivity index is 1.49. The summed E-state index contributed by atoms with van der Waals surface area (Å²) in [5, 5.41) is 8.92. The highest BCUT2D eigenvalue weighted by molar-refractivity contribution is 7.99. The van der Waals surface area contributed by atoms with Gasteiger partial charge in [0, 0.05) is 17.4 Å². The molecule has 0 aliphatic carbocycles. The Kier molecular flexibility index (Phi) is 4.51. The zero-order chi connectivity index (χ0) is 18.1. The molecular formula is C20H20N4OS. The van der Waals surface area contributed by atoms with Crippen molar-refractivity contribution in [3.63, 3.8) is 0 Å². The molecule has 1 unspecified atom stereocenters. The first-order chi connectivity index (χ1) is 12.6. The van der Waals surface area contributed by atoms with Gasteiger partial charge in [0.15, 0.2) is 5.16 Å². The zero-order valence-electron chi connectivity index (χ0n) is 14.8. The van der Waals surface area contributed by atoms with Crippen LogP contribution in [0.1, 0.15) is 18.1 Å². The van der Waals surface area contributed by atoms with E-state index in [0.29, 0.717) is 5.75 Å². The molecule has 6 heteroatoms. The molecule has 1 atom stereocenters. The Morgan fingerprint density at radius 2 is 1.96 bits per heavy atom. The number of benzene rings is 2. The second kappa shape index (κ2) is 6.96. The standard InChI is InChI=1S/C20H20N4OS/c1-14-7-9-17(10-8-14)23-13-21-22-20(23)26-12-19(25)24-15(2)11-16-5-3-4-6-18(16)24/h3-10,13,15H,11-12H2,1-2H3. The van der Waals surface area contributed by atoms with Gasteiger partial charge >= 0.3 is 0 Å². The topological polar surface area (TPSA) is 51.0 Å². The maximum absolute atomic E-state index is 12.9. The van der Waals surface area contributed by atoms with Crippen molar-refractivity contribution in [2.24, 2.45) is 0 Å². The van der Waals surface area contributed by atoms with Crippen LogP contribution in [0.25, 0.3) is 5.69 Å². The molecule has 2 heterocycles. The average Bonchev–Trinajstić information content (AvgIpc) is 3.23. The molecule has 1 aliphatic heterocycles. The molecule has 0 bridgehead atoms. The average molecular weight is 364 g/mol. The molecule has 0 spiro atoms. The number of carbonyl (C=O) groups excluding carboxylic acids is 1. The summed E-state index contributed by atoms with van der Waals surface area (Å²) in [7, 11) is 0. The van der Waals surface area contributed by atoms with Gasteiger partial charge in [0.25, 0.3) is 0 Å². The molecular weight excluding hydrogens is 344 g/mol. The zero-order valence-corrected chi connectivity index (χ0v) is 15.6. The van der Waals surface area contributed by atoms with Crippen LogP contribution in [-0.2, 0) is 11.2 Å². The first kappa shape index (κ1) is 16.8. The summed E-state index contributed by atoms with van der Waals surface area (Å²) >= 11 is 1.42. The summed E-state index contributed by atoms with van der Waals surface area (Å²) < 4.78 is 1.92. The lowest BCUT2D eigenvalue weighted by molar-refractivity contribution is -0.116. The monoisotopic (exact) mass is 364 g/mol. The third kappa shape index (κ3) is 3.12. The van der Waals surface area contributed by atoms with Gasteiger partial charge in [0.05, 0.1) is 5.75 Å². The highest BCUT2D eigenvalue weighted by Crippen LogP contribution is 2.32. The number of carbonyl (C=O) groups is 1. The second-order valence-corrected chi connectivity index (χ2v) is 7.50. The minimum absolute atomic E-state index is 0.103. The van der Waals surface area contributed by atoms with E-state index in [1.807, 2.05) is 39.8 Å². The lowest BCUT2D eigenvalue weighted by Crippen LogP contribution is -2.37. The lowest BCUT2D eigenvalue weighted by atomic mass is 10.1. The molecule has 0 saturated carbocycles. The lowest BCUT2D eigenvalue weighted by Gasteiger charge is -2.22. The van der Waals surface area contributed by atoms with Crippen LogP contribution in [0, 0.1) is 6.92 Å². The fraction of sp³-hybridized carbons (Fsp3) is 0.250. The van der Waals surface area contributed by atoms with Crippen molar-refractivity contribution in [2.75, 3.05) is 10.7 Å². The fourth-order valence-corrected chi connectivity index (χ4v) is 4.13. The fourth-order valence-electron chi connectivity index (χ4n) is 3.35. The van der Waals surface area contributed by atoms with Crippen molar-refractivity contribution in [3.05, 3.63) is 66.0 Å². The summed E-state index contributed by atoms with van der Waals surface area (Å²) in [6.45, 7) is 4.15. The molecule has 0 N–H and O–H groups in total. The first-order valence-electron chi connectivity index (χ1n) is 8.63. The number of rotatable bonds is 4. The predicted octanol–water partition coefficient (Wildman–Crippen LogP) is 3.65. The van der Waals surface area contributed by atoms with E-state index in [2.05, 4.69) is 42.2 Å². The van der Waals surface area contributed by atoms with Gasteiger partial charge in [0.2, 0.25) is 5.91 Å². The molecule has 1 amide bonds. The number of hydrogen-bond acceptors (Lipinski definition) is 4. The molecule has 2 aromatic carbocycles. The minimum atomic E-state index is 0.103. The molecule has 4 rings (SSSR count). The summed E-state index contributed by atoms with van der Waals surface area (Å²) in [5.41, 5.74) is 4.47. The Morgan fingerprint density at radius 3 is 2.77 bits per heavy atom. The van der Waals surface area contributed by atoms with Gasteiger partial charge in [-0.3, -0.25) is 9.36 Å². The van der Waals surface area contributed by atoms with Gasteiger partial charge in [-0.2, -0.15) is 0 Å². The van der Waals surface area contributed by atoms with Gasteiger partial charge in [-0.1, -0.05) is 47.7 Å². The minimum Gasteiger partial charge on any atom is -0.308 e. The number of hydrogen-bond donors (Lipinski definition) is 0. The van der Waals surface area contributed by atoms with E-state index in [9.17, 15) is 4.79 Å². The molecule has 0 saturated heterocycles. The van der Waals surface area contributed by atoms with Crippen LogP contribution < -0.4 is 4.90 Å². The van der Waals surface area contributed by atoms with E-state index in [1.54, 1.807) is 6.33 Å². The number of fused-ring (bicyclic) bond motifs is 1. The van der Waals surface area contributed by atoms with Crippen molar-refractivity contribution in [1.82, 2.24) is 14.8 Å². The number of amides is 1. The number of aryl methyl sites for hydroxylation is 1. The summed E-state index contributed by atoms with van der Waals surface area (Å²) in [6, 6.07) is 16.5. The van der Waals surface area contributed by atoms with Crippen molar-refractivity contribution >= 4 is 23.4 Å². The van der Waals surface area contributed by atoms with Crippen molar-refractivity contribution < 1.29 is 4.79 Å². The summed E-state index contributed by atoms with van der Waals surface area (Å²) in [6.07, 6.45) is 2.59. The maximum Gasteiger partial charge on any atom is 0.237 e. The largest absolute Gasteiger partial charge is 0.308 e. The number of aromatic nitrogens is 3. The highest BCUT2D eigenvalue weighted by Gasteiger charge is 2.30. The SMILES string of the molecule is Cc1ccc(-n2cnnc2SCC(=O)N2c3ccccc3CC2C)cc1. The van der Waals surface area contributed by atoms with Crippen LogP contribution in [-0.4, -0.2) is 32.5 Å². The smallest absolute Gasteiger partial charge is 0.237 e. The van der Waals surface area contributed by atoms with E-state index in [4.69, 9.17) is 0 Å². The molecule has 0 fully saturated rings. The third-order valence-corrected chi connectivity index (χ3v) is 5.56. The van der Waals surface area contributed by atoms with Gasteiger partial charge in [-0.15, -0.1) is 10.2 Å². The van der Waals surface area contributed by atoms with E-state index in [0.717, 1.165) is 23.0 Å². The van der Waals surface area contributed by atoms with Gasteiger partial charge in [0.1, 0.15) is 6.33 Å². The van der Waals surface area contributed by atoms with Gasteiger partial charge < -0.3 is 4.90 Å². The van der Waals surface area contributed by atoms with Crippen molar-refractivity contribution in [3.8, 4) is 5.69 Å². The van der Waals surface area contributed by atoms with Gasteiger partial charge in [-0.25, -0.2) is 0 Å². The Morgan fingerprint density at radius 1 is 1.19 bits per heavy atom. The number of nitrogens with zero attached hydrogens (tertiary/aromatic N) is 4. The highest BCUT2D eigenvalue weighted by atomic mass is 32.2. The van der Waals surface area contributed by atoms with E-state index >= 15 is 0 Å². The number of thioether (sulfide) groups is 1. The van der Waals surface area contributed by atoms with E-state index in [1.165, 1.54) is 22.9 Å². The summed E-state index contributed by atoms with van der Waals surface area (Å²) in [5.74, 6) is 0.439. The van der Waals surface area contributed by atoms with Gasteiger partial charge in [-0.05, 0) is 44.0 Å². The van der Waals surface area contributed by atoms with Crippen LogP contribution in [0.3, 0.4) is 0 Å². The van der Waals surface area contributed by atoms with Crippen LogP contribution >= 0.6 is 11.8 Å². The first-order valence-corrected chi connectivity index (χ1v) is 9.62. The van der Waals surface area contributed by atoms with E-state index in [-0.39, 0.29) is 11.9 Å². The van der Waals surface area contributed by atoms with Crippen molar-refractivity contribution in [1.29, 1.82) is 0 Å². The molecule has 5 nitrogen and oxygen atoms in total. The molecule has 3 aromatic rings. The Bertz CT molecular complexity index is 935. The van der Waals surface area contributed by atoms with Crippen LogP contribution in [0.15, 0.2) is 60.0 Å². The maximum atomic E-state index is 12.9. The number of anilines is 1. The predicted molar refractivity (Wildman–Crippen MR) is 104 cm³/mol. The van der Waals surface area contributed by atoms with Crippen LogP contribution in [0.4, 0.5) is 5.69 Å². The normalized spacial score (nSPS) is 15.9. The Labute approximate surface area is 157 Å².